The smallest absolute Gasteiger partial charge is 0.246 e. The minimum Gasteiger partial charge on any atom is -0.370 e. The van der Waals surface area contributed by atoms with E-state index in [2.05, 4.69) is 6.92 Å². The Morgan fingerprint density at radius 3 is 2.24 bits per heavy atom. The summed E-state index contributed by atoms with van der Waals surface area (Å²) in [4.78, 5) is 26.3. The predicted octanol–water partition coefficient (Wildman–Crippen LogP) is 3.41. The van der Waals surface area contributed by atoms with Crippen molar-refractivity contribution in [3.05, 3.63) is 11.6 Å². The topological polar surface area (TPSA) is 63.4 Å². The van der Waals surface area contributed by atoms with Crippen LogP contribution in [0.2, 0.25) is 0 Å². The zero-order chi connectivity index (χ0) is 17.6. The molecule has 5 fully saturated rings. The van der Waals surface area contributed by atoms with Gasteiger partial charge in [-0.1, -0.05) is 5.57 Å². The summed E-state index contributed by atoms with van der Waals surface area (Å²) in [6.07, 6.45) is 13.4. The average molecular weight is 344 g/mol. The van der Waals surface area contributed by atoms with Crippen LogP contribution in [0.25, 0.3) is 0 Å². The number of primary amides is 1. The summed E-state index contributed by atoms with van der Waals surface area (Å²) in [5, 5.41) is 0. The molecule has 25 heavy (non-hydrogen) atoms. The van der Waals surface area contributed by atoms with Crippen molar-refractivity contribution in [2.24, 2.45) is 28.9 Å². The molecule has 5 rings (SSSR count). The first-order valence-corrected chi connectivity index (χ1v) is 10.2. The maximum Gasteiger partial charge on any atom is 0.246 e. The fourth-order valence-corrected chi connectivity index (χ4v) is 6.75. The first-order chi connectivity index (χ1) is 11.9. The Labute approximate surface area is 151 Å². The number of amides is 2. The van der Waals surface area contributed by atoms with Gasteiger partial charge in [-0.2, -0.15) is 0 Å². The molecule has 4 nitrogen and oxygen atoms in total. The predicted molar refractivity (Wildman–Crippen MR) is 97.5 cm³/mol. The van der Waals surface area contributed by atoms with E-state index in [1.54, 1.807) is 0 Å². The Hall–Kier alpha value is -1.32. The van der Waals surface area contributed by atoms with E-state index >= 15 is 0 Å². The Morgan fingerprint density at radius 1 is 1.08 bits per heavy atom. The number of nitrogens with zero attached hydrogens (tertiary/aromatic N) is 1. The summed E-state index contributed by atoms with van der Waals surface area (Å²) in [5.41, 5.74) is 6.99. The molecule has 0 unspecified atom stereocenters. The van der Waals surface area contributed by atoms with Crippen LogP contribution in [0.4, 0.5) is 0 Å². The fourth-order valence-electron chi connectivity index (χ4n) is 6.75. The molecule has 4 saturated carbocycles. The van der Waals surface area contributed by atoms with Gasteiger partial charge in [-0.05, 0) is 87.9 Å². The standard InChI is InChI=1S/C21H32N2O2/c1-14(21-11-15-7-16(12-21)9-17(8-15)13-21)6-20(25)23-5-3-2-4-18(23)10-19(22)24/h6,15-18H,2-5,7-13H2,1H3,(H2,22,24)/b14-6+/t15?,16?,17?,18-,21?/m1/s1. The number of carbonyl (C=O) groups is 2. The van der Waals surface area contributed by atoms with Crippen molar-refractivity contribution in [3.63, 3.8) is 0 Å². The molecule has 0 aromatic carbocycles. The van der Waals surface area contributed by atoms with Gasteiger partial charge in [0.25, 0.3) is 0 Å². The molecule has 2 N–H and O–H groups in total. The second-order valence-corrected chi connectivity index (χ2v) is 9.38. The highest BCUT2D eigenvalue weighted by Gasteiger charge is 2.51. The quantitative estimate of drug-likeness (QED) is 0.794. The molecule has 2 amide bonds. The average Bonchev–Trinajstić information content (AvgIpc) is 2.53. The number of allylic oxidation sites excluding steroid dienone is 1. The van der Waals surface area contributed by atoms with Gasteiger partial charge in [-0.15, -0.1) is 0 Å². The molecular weight excluding hydrogens is 312 g/mol. The summed E-state index contributed by atoms with van der Waals surface area (Å²) in [6.45, 7) is 2.96. The van der Waals surface area contributed by atoms with Crippen molar-refractivity contribution >= 4 is 11.8 Å². The van der Waals surface area contributed by atoms with E-state index in [0.29, 0.717) is 11.8 Å². The van der Waals surface area contributed by atoms with Gasteiger partial charge in [-0.25, -0.2) is 0 Å². The third kappa shape index (κ3) is 3.24. The lowest BCUT2D eigenvalue weighted by atomic mass is 9.48. The minimum absolute atomic E-state index is 0.000775. The van der Waals surface area contributed by atoms with Crippen molar-refractivity contribution in [3.8, 4) is 0 Å². The first kappa shape index (κ1) is 17.1. The highest BCUT2D eigenvalue weighted by atomic mass is 16.2. The third-order valence-electron chi connectivity index (χ3n) is 7.56. The van der Waals surface area contributed by atoms with Crippen molar-refractivity contribution in [1.82, 2.24) is 4.90 Å². The van der Waals surface area contributed by atoms with Gasteiger partial charge in [0.05, 0.1) is 0 Å². The van der Waals surface area contributed by atoms with E-state index in [4.69, 9.17) is 5.73 Å². The second-order valence-electron chi connectivity index (χ2n) is 9.38. The maximum atomic E-state index is 13.0. The molecule has 4 bridgehead atoms. The molecule has 1 aliphatic heterocycles. The molecule has 1 heterocycles. The van der Waals surface area contributed by atoms with Crippen LogP contribution in [0.3, 0.4) is 0 Å². The summed E-state index contributed by atoms with van der Waals surface area (Å²) >= 11 is 0. The van der Waals surface area contributed by atoms with Crippen LogP contribution >= 0.6 is 0 Å². The summed E-state index contributed by atoms with van der Waals surface area (Å²) < 4.78 is 0. The molecule has 1 saturated heterocycles. The van der Waals surface area contributed by atoms with E-state index in [-0.39, 0.29) is 17.9 Å². The minimum atomic E-state index is -0.300. The maximum absolute atomic E-state index is 13.0. The van der Waals surface area contributed by atoms with E-state index in [1.807, 2.05) is 11.0 Å². The molecule has 5 aliphatic rings. The highest BCUT2D eigenvalue weighted by molar-refractivity contribution is 5.89. The number of piperidine rings is 1. The molecule has 138 valence electrons. The zero-order valence-corrected chi connectivity index (χ0v) is 15.5. The van der Waals surface area contributed by atoms with Gasteiger partial charge in [0.1, 0.15) is 0 Å². The lowest BCUT2D eigenvalue weighted by Gasteiger charge is -2.57. The van der Waals surface area contributed by atoms with E-state index < -0.39 is 0 Å². The van der Waals surface area contributed by atoms with Gasteiger partial charge in [0.2, 0.25) is 11.8 Å². The molecule has 4 aliphatic carbocycles. The van der Waals surface area contributed by atoms with Crippen LogP contribution in [0.15, 0.2) is 11.6 Å². The summed E-state index contributed by atoms with van der Waals surface area (Å²) in [5.74, 6) is 2.48. The number of hydrogen-bond acceptors (Lipinski definition) is 2. The van der Waals surface area contributed by atoms with Gasteiger partial charge < -0.3 is 10.6 Å². The Morgan fingerprint density at radius 2 is 1.68 bits per heavy atom. The normalized spacial score (nSPS) is 40.4. The number of rotatable bonds is 4. The van der Waals surface area contributed by atoms with Crippen molar-refractivity contribution < 1.29 is 9.59 Å². The second kappa shape index (κ2) is 6.44. The molecule has 0 radical (unpaired) electrons. The monoisotopic (exact) mass is 344 g/mol. The van der Waals surface area contributed by atoms with Crippen molar-refractivity contribution in [2.75, 3.05) is 6.54 Å². The Balaban J connectivity index is 1.51. The Bertz CT molecular complexity index is 559. The van der Waals surface area contributed by atoms with E-state index in [1.165, 1.54) is 44.1 Å². The van der Waals surface area contributed by atoms with Crippen LogP contribution in [0.5, 0.6) is 0 Å². The largest absolute Gasteiger partial charge is 0.370 e. The van der Waals surface area contributed by atoms with E-state index in [0.717, 1.165) is 43.6 Å². The van der Waals surface area contributed by atoms with Crippen molar-refractivity contribution in [1.29, 1.82) is 0 Å². The first-order valence-electron chi connectivity index (χ1n) is 10.2. The zero-order valence-electron chi connectivity index (χ0n) is 15.5. The molecule has 1 atom stereocenters. The summed E-state index contributed by atoms with van der Waals surface area (Å²) in [7, 11) is 0. The number of nitrogens with two attached hydrogens (primary N) is 1. The Kier molecular flexibility index (Phi) is 4.41. The van der Waals surface area contributed by atoms with Crippen LogP contribution in [-0.4, -0.2) is 29.3 Å². The van der Waals surface area contributed by atoms with Crippen LogP contribution in [0.1, 0.15) is 71.1 Å². The molecule has 4 heteroatoms. The molecular formula is C21H32N2O2. The number of likely N-dealkylation sites (tertiary alicyclic amines) is 1. The lowest BCUT2D eigenvalue weighted by molar-refractivity contribution is -0.131. The fraction of sp³-hybridized carbons (Fsp3) is 0.810. The van der Waals surface area contributed by atoms with Gasteiger partial charge in [0, 0.05) is 25.1 Å². The summed E-state index contributed by atoms with van der Waals surface area (Å²) in [6, 6.07) is -0.000775. The van der Waals surface area contributed by atoms with Crippen LogP contribution in [0, 0.1) is 23.2 Å². The van der Waals surface area contributed by atoms with E-state index in [9.17, 15) is 9.59 Å². The number of hydrogen-bond donors (Lipinski definition) is 1. The van der Waals surface area contributed by atoms with Crippen LogP contribution < -0.4 is 5.73 Å². The lowest BCUT2D eigenvalue weighted by Crippen LogP contribution is -2.47. The molecule has 0 aromatic heterocycles. The van der Waals surface area contributed by atoms with Gasteiger partial charge >= 0.3 is 0 Å². The van der Waals surface area contributed by atoms with Crippen LogP contribution in [-0.2, 0) is 9.59 Å². The van der Waals surface area contributed by atoms with Gasteiger partial charge in [0.15, 0.2) is 0 Å². The van der Waals surface area contributed by atoms with Crippen molar-refractivity contribution in [2.45, 2.75) is 77.2 Å². The highest BCUT2D eigenvalue weighted by Crippen LogP contribution is 2.62. The molecule has 0 spiro atoms. The molecule has 0 aromatic rings. The SMILES string of the molecule is C/C(=C\C(=O)N1CCCC[C@@H]1CC(N)=O)C12CC3CC(CC(C3)C1)C2. The number of carbonyl (C=O) groups excluding carboxylic acids is 2. The van der Waals surface area contributed by atoms with Gasteiger partial charge in [-0.3, -0.25) is 9.59 Å². The third-order valence-corrected chi connectivity index (χ3v) is 7.56.